The van der Waals surface area contributed by atoms with E-state index in [1.165, 1.54) is 0 Å². The van der Waals surface area contributed by atoms with Crippen LogP contribution in [-0.4, -0.2) is 44.9 Å². The van der Waals surface area contributed by atoms with Crippen molar-refractivity contribution in [3.8, 4) is 0 Å². The molecule has 0 aliphatic carbocycles. The van der Waals surface area contributed by atoms with Gasteiger partial charge in [0.25, 0.3) is 0 Å². The van der Waals surface area contributed by atoms with Gasteiger partial charge in [0.15, 0.2) is 0 Å². The minimum Gasteiger partial charge on any atom is -0.343 e. The number of hydrogen-bond acceptors (Lipinski definition) is 3. The van der Waals surface area contributed by atoms with E-state index in [9.17, 15) is 9.59 Å². The number of nitrogens with one attached hydrogen (secondary N) is 1. The molecule has 1 aromatic heterocycles. The summed E-state index contributed by atoms with van der Waals surface area (Å²) in [4.78, 5) is 30.2. The largest absolute Gasteiger partial charge is 0.343 e. The van der Waals surface area contributed by atoms with Crippen molar-refractivity contribution in [2.75, 3.05) is 6.54 Å². The van der Waals surface area contributed by atoms with E-state index in [1.54, 1.807) is 18.0 Å². The van der Waals surface area contributed by atoms with E-state index in [4.69, 9.17) is 0 Å². The lowest BCUT2D eigenvalue weighted by Gasteiger charge is -2.37. The highest BCUT2D eigenvalue weighted by molar-refractivity contribution is 5.96. The number of carbonyl (C=O) groups is 2. The number of hydrogen-bond donors (Lipinski definition) is 1. The maximum atomic E-state index is 12.4. The van der Waals surface area contributed by atoms with Crippen LogP contribution < -0.4 is 5.32 Å². The summed E-state index contributed by atoms with van der Waals surface area (Å²) in [5, 5.41) is 2.80. The summed E-state index contributed by atoms with van der Waals surface area (Å²) in [5.41, 5.74) is 0. The Morgan fingerprint density at radius 2 is 2.10 bits per heavy atom. The molecule has 1 saturated heterocycles. The molecule has 1 aliphatic heterocycles. The van der Waals surface area contributed by atoms with E-state index in [0.717, 1.165) is 12.2 Å². The van der Waals surface area contributed by atoms with Crippen LogP contribution in [0.5, 0.6) is 0 Å². The topological polar surface area (TPSA) is 67.2 Å². The van der Waals surface area contributed by atoms with E-state index < -0.39 is 6.04 Å². The molecule has 6 heteroatoms. The van der Waals surface area contributed by atoms with E-state index in [2.05, 4.69) is 10.3 Å². The minimum atomic E-state index is -0.403. The summed E-state index contributed by atoms with van der Waals surface area (Å²) < 4.78 is 1.99. The number of imidazole rings is 1. The Kier molecular flexibility index (Phi) is 4.42. The molecule has 2 atom stereocenters. The van der Waals surface area contributed by atoms with Gasteiger partial charge in [-0.2, -0.15) is 0 Å². The first kappa shape index (κ1) is 14.6. The van der Waals surface area contributed by atoms with Crippen LogP contribution >= 0.6 is 0 Å². The van der Waals surface area contributed by atoms with Crippen molar-refractivity contribution < 1.29 is 9.59 Å². The molecule has 0 saturated carbocycles. The minimum absolute atomic E-state index is 0.0247. The molecule has 0 spiro atoms. The predicted molar refractivity (Wildman–Crippen MR) is 75.0 cm³/mol. The smallest absolute Gasteiger partial charge is 0.245 e. The van der Waals surface area contributed by atoms with Gasteiger partial charge < -0.3 is 14.8 Å². The van der Waals surface area contributed by atoms with Crippen LogP contribution in [-0.2, 0) is 16.1 Å². The fourth-order valence-corrected chi connectivity index (χ4v) is 2.53. The third-order valence-corrected chi connectivity index (χ3v) is 3.83. The SMILES string of the molecule is CCCC1NC(=O)C(C)N(CCn2ccnc2C)C1=O. The predicted octanol–water partition coefficient (Wildman–Crippen LogP) is 0.707. The van der Waals surface area contributed by atoms with E-state index in [0.29, 0.717) is 19.5 Å². The molecule has 0 aromatic carbocycles. The first-order chi connectivity index (χ1) is 9.54. The highest BCUT2D eigenvalue weighted by atomic mass is 16.2. The maximum Gasteiger partial charge on any atom is 0.245 e. The molecular weight excluding hydrogens is 256 g/mol. The average Bonchev–Trinajstić information content (AvgIpc) is 2.82. The molecule has 6 nitrogen and oxygen atoms in total. The fraction of sp³-hybridized carbons (Fsp3) is 0.643. The Bertz CT molecular complexity index is 497. The highest BCUT2D eigenvalue weighted by Crippen LogP contribution is 2.13. The van der Waals surface area contributed by atoms with Crippen LogP contribution in [0.3, 0.4) is 0 Å². The lowest BCUT2D eigenvalue weighted by Crippen LogP contribution is -2.62. The Morgan fingerprint density at radius 3 is 2.70 bits per heavy atom. The van der Waals surface area contributed by atoms with Gasteiger partial charge >= 0.3 is 0 Å². The van der Waals surface area contributed by atoms with Crippen molar-refractivity contribution in [2.24, 2.45) is 0 Å². The standard InChI is InChI=1S/C14H22N4O2/c1-4-5-12-14(20)18(10(2)13(19)16-12)9-8-17-7-6-15-11(17)3/h6-7,10,12H,4-5,8-9H2,1-3H3,(H,16,19). The molecule has 1 N–H and O–H groups in total. The maximum absolute atomic E-state index is 12.4. The molecule has 1 aromatic rings. The van der Waals surface area contributed by atoms with E-state index in [1.807, 2.05) is 24.6 Å². The molecule has 2 heterocycles. The number of piperazine rings is 1. The summed E-state index contributed by atoms with van der Waals surface area (Å²) in [7, 11) is 0. The molecule has 1 aliphatic rings. The third-order valence-electron chi connectivity index (χ3n) is 3.83. The van der Waals surface area contributed by atoms with Gasteiger partial charge in [-0.3, -0.25) is 9.59 Å². The number of aromatic nitrogens is 2. The number of carbonyl (C=O) groups excluding carboxylic acids is 2. The Balaban J connectivity index is 2.05. The van der Waals surface area contributed by atoms with Gasteiger partial charge in [-0.25, -0.2) is 4.98 Å². The van der Waals surface area contributed by atoms with Crippen molar-refractivity contribution in [3.05, 3.63) is 18.2 Å². The molecular formula is C14H22N4O2. The summed E-state index contributed by atoms with van der Waals surface area (Å²) in [6, 6.07) is -0.771. The Labute approximate surface area is 119 Å². The summed E-state index contributed by atoms with van der Waals surface area (Å²) in [6.45, 7) is 6.90. The van der Waals surface area contributed by atoms with Gasteiger partial charge in [0.2, 0.25) is 11.8 Å². The van der Waals surface area contributed by atoms with Crippen molar-refractivity contribution >= 4 is 11.8 Å². The molecule has 0 bridgehead atoms. The second-order valence-corrected chi connectivity index (χ2v) is 5.23. The van der Waals surface area contributed by atoms with Crippen LogP contribution in [0.4, 0.5) is 0 Å². The van der Waals surface area contributed by atoms with Crippen LogP contribution in [0.25, 0.3) is 0 Å². The fourth-order valence-electron chi connectivity index (χ4n) is 2.53. The van der Waals surface area contributed by atoms with Gasteiger partial charge in [0, 0.05) is 25.5 Å². The molecule has 110 valence electrons. The first-order valence-electron chi connectivity index (χ1n) is 7.13. The number of aryl methyl sites for hydroxylation is 1. The molecule has 20 heavy (non-hydrogen) atoms. The van der Waals surface area contributed by atoms with Gasteiger partial charge in [-0.1, -0.05) is 13.3 Å². The van der Waals surface area contributed by atoms with Crippen molar-refractivity contribution in [2.45, 2.75) is 52.2 Å². The Morgan fingerprint density at radius 1 is 1.35 bits per heavy atom. The quantitative estimate of drug-likeness (QED) is 0.862. The van der Waals surface area contributed by atoms with Crippen LogP contribution in [0.2, 0.25) is 0 Å². The zero-order valence-electron chi connectivity index (χ0n) is 12.3. The summed E-state index contributed by atoms with van der Waals surface area (Å²) >= 11 is 0. The van der Waals surface area contributed by atoms with Gasteiger partial charge in [-0.05, 0) is 20.3 Å². The van der Waals surface area contributed by atoms with Crippen molar-refractivity contribution in [3.63, 3.8) is 0 Å². The highest BCUT2D eigenvalue weighted by Gasteiger charge is 2.37. The van der Waals surface area contributed by atoms with Crippen LogP contribution in [0.1, 0.15) is 32.5 Å². The zero-order chi connectivity index (χ0) is 14.7. The third kappa shape index (κ3) is 2.84. The normalized spacial score (nSPS) is 23.1. The van der Waals surface area contributed by atoms with Crippen molar-refractivity contribution in [1.29, 1.82) is 0 Å². The second kappa shape index (κ2) is 6.07. The zero-order valence-corrected chi connectivity index (χ0v) is 12.3. The average molecular weight is 278 g/mol. The van der Waals surface area contributed by atoms with Crippen LogP contribution in [0, 0.1) is 6.92 Å². The van der Waals surface area contributed by atoms with E-state index >= 15 is 0 Å². The van der Waals surface area contributed by atoms with Gasteiger partial charge in [0.1, 0.15) is 17.9 Å². The second-order valence-electron chi connectivity index (χ2n) is 5.23. The van der Waals surface area contributed by atoms with Gasteiger partial charge in [-0.15, -0.1) is 0 Å². The van der Waals surface area contributed by atoms with Crippen LogP contribution in [0.15, 0.2) is 12.4 Å². The summed E-state index contributed by atoms with van der Waals surface area (Å²) in [5.74, 6) is 0.874. The Hall–Kier alpha value is -1.85. The first-order valence-corrected chi connectivity index (χ1v) is 7.13. The molecule has 2 rings (SSSR count). The van der Waals surface area contributed by atoms with E-state index in [-0.39, 0.29) is 17.9 Å². The lowest BCUT2D eigenvalue weighted by molar-refractivity contribution is -0.148. The molecule has 2 unspecified atom stereocenters. The summed E-state index contributed by atoms with van der Waals surface area (Å²) in [6.07, 6.45) is 5.19. The number of rotatable bonds is 5. The lowest BCUT2D eigenvalue weighted by atomic mass is 10.0. The molecule has 1 fully saturated rings. The monoisotopic (exact) mass is 278 g/mol. The number of nitrogens with zero attached hydrogens (tertiary/aromatic N) is 3. The molecule has 0 radical (unpaired) electrons. The number of amides is 2. The molecule has 2 amide bonds. The van der Waals surface area contributed by atoms with Crippen molar-refractivity contribution in [1.82, 2.24) is 19.8 Å². The van der Waals surface area contributed by atoms with Gasteiger partial charge in [0.05, 0.1) is 0 Å².